The molecule has 4 rings (SSSR count). The van der Waals surface area contributed by atoms with Crippen molar-refractivity contribution in [3.05, 3.63) is 22.7 Å². The van der Waals surface area contributed by atoms with E-state index in [0.717, 1.165) is 73.4 Å². The minimum atomic E-state index is -0.905. The third-order valence-corrected chi connectivity index (χ3v) is 9.42. The molecule has 2 aromatic rings. The fourth-order valence-electron chi connectivity index (χ4n) is 5.67. The molecule has 0 spiro atoms. The van der Waals surface area contributed by atoms with Gasteiger partial charge in [0.25, 0.3) is 5.91 Å². The summed E-state index contributed by atoms with van der Waals surface area (Å²) in [7, 11) is 2.12. The highest BCUT2D eigenvalue weighted by atomic mass is 32.1. The number of fused-ring (bicyclic) bond motifs is 3. The number of likely N-dealkylation sites (N-methyl/N-ethyl adjacent to an activating group) is 1. The van der Waals surface area contributed by atoms with E-state index in [1.54, 1.807) is 11.3 Å². The van der Waals surface area contributed by atoms with Crippen LogP contribution in [0, 0.1) is 5.92 Å². The normalized spacial score (nSPS) is 24.9. The highest BCUT2D eigenvalue weighted by molar-refractivity contribution is 7.19. The van der Waals surface area contributed by atoms with Crippen LogP contribution in [-0.2, 0) is 17.8 Å². The smallest absolute Gasteiger partial charge is 0.271 e. The Morgan fingerprint density at radius 2 is 1.91 bits per heavy atom. The molecule has 1 unspecified atom stereocenters. The number of thiophene rings is 1. The van der Waals surface area contributed by atoms with Gasteiger partial charge in [-0.05, 0) is 77.1 Å². The molecule has 0 bridgehead atoms. The molecule has 194 valence electrons. The second-order valence-corrected chi connectivity index (χ2v) is 12.3. The Balaban J connectivity index is 1.59. The summed E-state index contributed by atoms with van der Waals surface area (Å²) in [6.45, 7) is 11.5. The molecule has 7 heteroatoms. The predicted molar refractivity (Wildman–Crippen MR) is 145 cm³/mol. The largest absolute Gasteiger partial charge is 0.351 e. The molecule has 2 aliphatic rings. The van der Waals surface area contributed by atoms with Crippen LogP contribution in [0.5, 0.6) is 0 Å². The molecule has 35 heavy (non-hydrogen) atoms. The van der Waals surface area contributed by atoms with Gasteiger partial charge in [-0.1, -0.05) is 33.6 Å². The molecule has 0 aromatic carbocycles. The van der Waals surface area contributed by atoms with Crippen LogP contribution in [0.1, 0.15) is 88.0 Å². The maximum atomic E-state index is 13.9. The van der Waals surface area contributed by atoms with Gasteiger partial charge in [0.15, 0.2) is 0 Å². The van der Waals surface area contributed by atoms with E-state index in [4.69, 9.17) is 0 Å². The van der Waals surface area contributed by atoms with Gasteiger partial charge in [-0.25, -0.2) is 0 Å². The first-order valence-electron chi connectivity index (χ1n) is 13.7. The monoisotopic (exact) mass is 500 g/mol. The topological polar surface area (TPSA) is 57.6 Å². The highest BCUT2D eigenvalue weighted by Gasteiger charge is 2.48. The molecule has 1 N–H and O–H groups in total. The van der Waals surface area contributed by atoms with Gasteiger partial charge < -0.3 is 19.7 Å². The van der Waals surface area contributed by atoms with Crippen molar-refractivity contribution in [2.75, 3.05) is 26.7 Å². The summed E-state index contributed by atoms with van der Waals surface area (Å²) in [6, 6.07) is 4.46. The van der Waals surface area contributed by atoms with Crippen molar-refractivity contribution < 1.29 is 9.59 Å². The molecular weight excluding hydrogens is 456 g/mol. The van der Waals surface area contributed by atoms with Crippen LogP contribution >= 0.6 is 11.3 Å². The van der Waals surface area contributed by atoms with Gasteiger partial charge in [-0.2, -0.15) is 0 Å². The third-order valence-electron chi connectivity index (χ3n) is 8.20. The van der Waals surface area contributed by atoms with Crippen molar-refractivity contribution in [2.24, 2.45) is 5.92 Å². The zero-order valence-electron chi connectivity index (χ0n) is 22.4. The molecule has 6 nitrogen and oxygen atoms in total. The van der Waals surface area contributed by atoms with Crippen molar-refractivity contribution in [1.82, 2.24) is 19.7 Å². The molecular formula is C28H44N4O2S. The van der Waals surface area contributed by atoms with Crippen molar-refractivity contribution in [3.8, 4) is 0 Å². The lowest BCUT2D eigenvalue weighted by Crippen LogP contribution is -2.65. The molecule has 3 heterocycles. The van der Waals surface area contributed by atoms with Crippen LogP contribution in [0.25, 0.3) is 10.2 Å². The number of nitrogens with one attached hydrogen (secondary N) is 1. The average Bonchev–Trinajstić information content (AvgIpc) is 3.39. The van der Waals surface area contributed by atoms with Gasteiger partial charge in [0, 0.05) is 24.0 Å². The molecule has 0 saturated heterocycles. The lowest BCUT2D eigenvalue weighted by Gasteiger charge is -2.45. The number of aromatic nitrogens is 1. The highest BCUT2D eigenvalue weighted by Crippen LogP contribution is 2.36. The summed E-state index contributed by atoms with van der Waals surface area (Å²) < 4.78 is 3.25. The Morgan fingerprint density at radius 3 is 2.60 bits per heavy atom. The molecule has 0 radical (unpaired) electrons. The lowest BCUT2D eigenvalue weighted by molar-refractivity contribution is -0.134. The maximum Gasteiger partial charge on any atom is 0.271 e. The molecule has 2 aromatic heterocycles. The van der Waals surface area contributed by atoms with E-state index in [1.807, 2.05) is 17.9 Å². The van der Waals surface area contributed by atoms with Crippen LogP contribution in [0.2, 0.25) is 0 Å². The number of amides is 2. The van der Waals surface area contributed by atoms with Crippen LogP contribution in [-0.4, -0.2) is 64.4 Å². The fourth-order valence-corrected chi connectivity index (χ4v) is 6.71. The van der Waals surface area contributed by atoms with E-state index in [1.165, 1.54) is 17.7 Å². The summed E-state index contributed by atoms with van der Waals surface area (Å²) in [5.74, 6) is 0.712. The Morgan fingerprint density at radius 1 is 1.17 bits per heavy atom. The van der Waals surface area contributed by atoms with Crippen molar-refractivity contribution in [1.29, 1.82) is 0 Å². The Bertz CT molecular complexity index is 1040. The van der Waals surface area contributed by atoms with E-state index < -0.39 is 5.54 Å². The Hall–Kier alpha value is -1.86. The summed E-state index contributed by atoms with van der Waals surface area (Å²) >= 11 is 1.76. The molecule has 1 saturated carbocycles. The van der Waals surface area contributed by atoms with E-state index in [9.17, 15) is 9.59 Å². The second kappa shape index (κ2) is 11.0. The molecule has 1 atom stereocenters. The Labute approximate surface area is 215 Å². The van der Waals surface area contributed by atoms with Crippen LogP contribution in [0.3, 0.4) is 0 Å². The van der Waals surface area contributed by atoms with Gasteiger partial charge in [-0.15, -0.1) is 11.3 Å². The van der Waals surface area contributed by atoms with E-state index in [-0.39, 0.29) is 17.9 Å². The minimum absolute atomic E-state index is 0.00233. The van der Waals surface area contributed by atoms with E-state index >= 15 is 0 Å². The number of carbonyl (C=O) groups excluding carboxylic acids is 2. The van der Waals surface area contributed by atoms with Gasteiger partial charge in [0.1, 0.15) is 11.2 Å². The lowest BCUT2D eigenvalue weighted by atomic mass is 9.86. The first-order chi connectivity index (χ1) is 16.8. The van der Waals surface area contributed by atoms with Crippen molar-refractivity contribution >= 4 is 33.4 Å². The number of hydrogen-bond donors (Lipinski definition) is 1. The number of carbonyl (C=O) groups is 2. The average molecular weight is 501 g/mol. The van der Waals surface area contributed by atoms with Crippen LogP contribution < -0.4 is 5.32 Å². The van der Waals surface area contributed by atoms with Gasteiger partial charge in [-0.3, -0.25) is 9.59 Å². The van der Waals surface area contributed by atoms with Gasteiger partial charge in [0.05, 0.1) is 16.8 Å². The molecule has 2 amide bonds. The third kappa shape index (κ3) is 5.46. The summed E-state index contributed by atoms with van der Waals surface area (Å²) in [6.07, 6.45) is 8.94. The first kappa shape index (κ1) is 26.2. The Kier molecular flexibility index (Phi) is 8.26. The predicted octanol–water partition coefficient (Wildman–Crippen LogP) is 5.30. The number of aryl methyl sites for hydroxylation is 1. The maximum absolute atomic E-state index is 13.9. The van der Waals surface area contributed by atoms with Crippen molar-refractivity contribution in [2.45, 2.75) is 97.2 Å². The van der Waals surface area contributed by atoms with Crippen LogP contribution in [0.4, 0.5) is 0 Å². The fraction of sp³-hybridized carbons (Fsp3) is 0.714. The molecule has 1 fully saturated rings. The quantitative estimate of drug-likeness (QED) is 0.451. The number of nitrogens with zero attached hydrogens (tertiary/aromatic N) is 3. The number of hydrogen-bond acceptors (Lipinski definition) is 4. The number of rotatable bonds is 10. The molecule has 1 aliphatic carbocycles. The molecule has 1 aliphatic heterocycles. The SMILES string of the molecule is CCCCCN(C)CCN1C(=O)c2cc3sc(CC)cc3n2CC1(C)C(=O)NC1CCC(C)CC1. The summed E-state index contributed by atoms with van der Waals surface area (Å²) in [4.78, 5) is 33.2. The van der Waals surface area contributed by atoms with Crippen LogP contribution in [0.15, 0.2) is 12.1 Å². The minimum Gasteiger partial charge on any atom is -0.351 e. The van der Waals surface area contributed by atoms with Gasteiger partial charge >= 0.3 is 0 Å². The summed E-state index contributed by atoms with van der Waals surface area (Å²) in [5.41, 5.74) is 0.911. The second-order valence-electron chi connectivity index (χ2n) is 11.1. The zero-order valence-corrected chi connectivity index (χ0v) is 23.2. The van der Waals surface area contributed by atoms with E-state index in [0.29, 0.717) is 13.1 Å². The first-order valence-corrected chi connectivity index (χ1v) is 14.5. The van der Waals surface area contributed by atoms with Gasteiger partial charge in [0.2, 0.25) is 5.91 Å². The number of unbranched alkanes of at least 4 members (excludes halogenated alkanes) is 2. The van der Waals surface area contributed by atoms with Crippen molar-refractivity contribution in [3.63, 3.8) is 0 Å². The summed E-state index contributed by atoms with van der Waals surface area (Å²) in [5, 5.41) is 3.36. The standard InChI is InChI=1S/C28H44N4O2S/c1-6-8-9-14-30(5)15-16-32-26(33)24-18-25-23(17-22(7-2)35-25)31(24)19-28(32,4)27(34)29-21-12-10-20(3)11-13-21/h17-18,20-21H,6-16,19H2,1-5H3,(H,29,34). The zero-order chi connectivity index (χ0) is 25.2. The van der Waals surface area contributed by atoms with E-state index in [2.05, 4.69) is 48.7 Å².